The van der Waals surface area contributed by atoms with Gasteiger partial charge in [0.1, 0.15) is 0 Å². The first kappa shape index (κ1) is 12.0. The highest BCUT2D eigenvalue weighted by Gasteiger charge is 2.16. The van der Waals surface area contributed by atoms with Gasteiger partial charge in [0, 0.05) is 6.42 Å². The number of carbonyl (C=O) groups is 1. The van der Waals surface area contributed by atoms with Crippen LogP contribution in [0.2, 0.25) is 0 Å². The molecule has 0 radical (unpaired) electrons. The SMILES string of the molecule is O=C(CC1CCCCC1)NNc1ccccc1. The number of rotatable bonds is 4. The maximum atomic E-state index is 11.7. The lowest BCUT2D eigenvalue weighted by Crippen LogP contribution is -2.31. The highest BCUT2D eigenvalue weighted by atomic mass is 16.2. The van der Waals surface area contributed by atoms with Crippen molar-refractivity contribution in [2.75, 3.05) is 5.43 Å². The van der Waals surface area contributed by atoms with Crippen LogP contribution in [0.5, 0.6) is 0 Å². The Labute approximate surface area is 103 Å². The summed E-state index contributed by atoms with van der Waals surface area (Å²) >= 11 is 0. The lowest BCUT2D eigenvalue weighted by atomic mass is 9.87. The molecular formula is C14H20N2O. The molecule has 0 unspecified atom stereocenters. The molecule has 1 aromatic rings. The second-order valence-electron chi connectivity index (χ2n) is 4.75. The Morgan fingerprint density at radius 1 is 1.12 bits per heavy atom. The molecule has 0 bridgehead atoms. The predicted molar refractivity (Wildman–Crippen MR) is 69.4 cm³/mol. The summed E-state index contributed by atoms with van der Waals surface area (Å²) in [6, 6.07) is 9.70. The summed E-state index contributed by atoms with van der Waals surface area (Å²) in [5.41, 5.74) is 6.61. The number of benzene rings is 1. The number of anilines is 1. The second kappa shape index (κ2) is 6.28. The standard InChI is InChI=1S/C14H20N2O/c17-14(11-12-7-3-1-4-8-12)16-15-13-9-5-2-6-10-13/h2,5-6,9-10,12,15H,1,3-4,7-8,11H2,(H,16,17). The Morgan fingerprint density at radius 3 is 2.53 bits per heavy atom. The Bertz CT molecular complexity index is 344. The predicted octanol–water partition coefficient (Wildman–Crippen LogP) is 3.10. The molecule has 3 nitrogen and oxygen atoms in total. The van der Waals surface area contributed by atoms with Gasteiger partial charge < -0.3 is 0 Å². The molecule has 0 spiro atoms. The van der Waals surface area contributed by atoms with Crippen LogP contribution in [0.1, 0.15) is 38.5 Å². The van der Waals surface area contributed by atoms with Gasteiger partial charge in [0.15, 0.2) is 0 Å². The van der Waals surface area contributed by atoms with Gasteiger partial charge in [-0.2, -0.15) is 0 Å². The van der Waals surface area contributed by atoms with Gasteiger partial charge in [0.25, 0.3) is 0 Å². The average molecular weight is 232 g/mol. The number of nitrogens with one attached hydrogen (secondary N) is 2. The molecule has 0 aromatic heterocycles. The molecule has 0 atom stereocenters. The fraction of sp³-hybridized carbons (Fsp3) is 0.500. The minimum absolute atomic E-state index is 0.0979. The Morgan fingerprint density at radius 2 is 1.82 bits per heavy atom. The summed E-state index contributed by atoms with van der Waals surface area (Å²) in [6.45, 7) is 0. The van der Waals surface area contributed by atoms with Crippen LogP contribution >= 0.6 is 0 Å². The van der Waals surface area contributed by atoms with Crippen LogP contribution < -0.4 is 10.9 Å². The topological polar surface area (TPSA) is 41.1 Å². The first-order valence-electron chi connectivity index (χ1n) is 6.44. The van der Waals surface area contributed by atoms with Crippen molar-refractivity contribution in [3.63, 3.8) is 0 Å². The second-order valence-corrected chi connectivity index (χ2v) is 4.75. The third kappa shape index (κ3) is 4.10. The van der Waals surface area contributed by atoms with E-state index in [1.165, 1.54) is 32.1 Å². The van der Waals surface area contributed by atoms with Crippen LogP contribution in [0, 0.1) is 5.92 Å². The summed E-state index contributed by atoms with van der Waals surface area (Å²) in [5.74, 6) is 0.682. The van der Waals surface area contributed by atoms with Crippen molar-refractivity contribution in [2.24, 2.45) is 5.92 Å². The van der Waals surface area contributed by atoms with E-state index >= 15 is 0 Å². The zero-order valence-electron chi connectivity index (χ0n) is 10.1. The van der Waals surface area contributed by atoms with Crippen molar-refractivity contribution in [3.8, 4) is 0 Å². The summed E-state index contributed by atoms with van der Waals surface area (Å²) in [4.78, 5) is 11.7. The fourth-order valence-corrected chi connectivity index (χ4v) is 2.37. The molecular weight excluding hydrogens is 212 g/mol. The van der Waals surface area contributed by atoms with Crippen molar-refractivity contribution in [1.82, 2.24) is 5.43 Å². The molecule has 17 heavy (non-hydrogen) atoms. The van der Waals surface area contributed by atoms with E-state index < -0.39 is 0 Å². The number of hydrogen-bond donors (Lipinski definition) is 2. The first-order chi connectivity index (χ1) is 8.34. The van der Waals surface area contributed by atoms with E-state index in [1.807, 2.05) is 30.3 Å². The van der Waals surface area contributed by atoms with Gasteiger partial charge >= 0.3 is 0 Å². The number of amides is 1. The molecule has 1 aliphatic carbocycles. The van der Waals surface area contributed by atoms with Crippen LogP contribution in [-0.4, -0.2) is 5.91 Å². The minimum atomic E-state index is 0.0979. The lowest BCUT2D eigenvalue weighted by molar-refractivity contribution is -0.121. The van der Waals surface area contributed by atoms with E-state index in [0.29, 0.717) is 12.3 Å². The molecule has 0 saturated heterocycles. The molecule has 0 heterocycles. The maximum absolute atomic E-state index is 11.7. The molecule has 2 rings (SSSR count). The molecule has 1 aromatic carbocycles. The van der Waals surface area contributed by atoms with E-state index in [-0.39, 0.29) is 5.91 Å². The number of carbonyl (C=O) groups excluding carboxylic acids is 1. The minimum Gasteiger partial charge on any atom is -0.299 e. The van der Waals surface area contributed by atoms with Crippen LogP contribution in [0.4, 0.5) is 5.69 Å². The highest BCUT2D eigenvalue weighted by molar-refractivity contribution is 5.77. The van der Waals surface area contributed by atoms with Crippen molar-refractivity contribution < 1.29 is 4.79 Å². The zero-order chi connectivity index (χ0) is 11.9. The van der Waals surface area contributed by atoms with E-state index in [9.17, 15) is 4.79 Å². The first-order valence-corrected chi connectivity index (χ1v) is 6.44. The quantitative estimate of drug-likeness (QED) is 0.783. The summed E-state index contributed by atoms with van der Waals surface area (Å²) < 4.78 is 0. The number of hydrogen-bond acceptors (Lipinski definition) is 2. The van der Waals surface area contributed by atoms with E-state index in [2.05, 4.69) is 10.9 Å². The molecule has 1 saturated carbocycles. The fourth-order valence-electron chi connectivity index (χ4n) is 2.37. The molecule has 92 valence electrons. The third-order valence-corrected chi connectivity index (χ3v) is 3.32. The van der Waals surface area contributed by atoms with Gasteiger partial charge in [-0.25, -0.2) is 0 Å². The van der Waals surface area contributed by atoms with Gasteiger partial charge in [0.2, 0.25) is 5.91 Å². The molecule has 1 fully saturated rings. The lowest BCUT2D eigenvalue weighted by Gasteiger charge is -2.21. The van der Waals surface area contributed by atoms with Crippen molar-refractivity contribution in [2.45, 2.75) is 38.5 Å². The molecule has 3 heteroatoms. The zero-order valence-corrected chi connectivity index (χ0v) is 10.1. The number of para-hydroxylation sites is 1. The van der Waals surface area contributed by atoms with Crippen LogP contribution in [-0.2, 0) is 4.79 Å². The Hall–Kier alpha value is -1.51. The summed E-state index contributed by atoms with van der Waals surface area (Å²) in [6.07, 6.45) is 6.96. The van der Waals surface area contributed by atoms with Crippen molar-refractivity contribution >= 4 is 11.6 Å². The van der Waals surface area contributed by atoms with Crippen molar-refractivity contribution in [3.05, 3.63) is 30.3 Å². The normalized spacial score (nSPS) is 16.5. The monoisotopic (exact) mass is 232 g/mol. The van der Waals surface area contributed by atoms with E-state index in [0.717, 1.165) is 5.69 Å². The van der Waals surface area contributed by atoms with Gasteiger partial charge in [-0.05, 0) is 30.9 Å². The van der Waals surface area contributed by atoms with Gasteiger partial charge in [0.05, 0.1) is 5.69 Å². The molecule has 0 aliphatic heterocycles. The van der Waals surface area contributed by atoms with Crippen LogP contribution in [0.15, 0.2) is 30.3 Å². The summed E-state index contributed by atoms with van der Waals surface area (Å²) in [5, 5.41) is 0. The molecule has 1 amide bonds. The van der Waals surface area contributed by atoms with Gasteiger partial charge in [-0.15, -0.1) is 0 Å². The van der Waals surface area contributed by atoms with Crippen LogP contribution in [0.3, 0.4) is 0 Å². The van der Waals surface area contributed by atoms with Gasteiger partial charge in [-0.3, -0.25) is 15.6 Å². The van der Waals surface area contributed by atoms with E-state index in [4.69, 9.17) is 0 Å². The smallest absolute Gasteiger partial charge is 0.238 e. The maximum Gasteiger partial charge on any atom is 0.238 e. The Balaban J connectivity index is 1.70. The largest absolute Gasteiger partial charge is 0.299 e. The average Bonchev–Trinajstić information content (AvgIpc) is 2.39. The van der Waals surface area contributed by atoms with Gasteiger partial charge in [-0.1, -0.05) is 37.5 Å². The van der Waals surface area contributed by atoms with Crippen molar-refractivity contribution in [1.29, 1.82) is 0 Å². The van der Waals surface area contributed by atoms with E-state index in [1.54, 1.807) is 0 Å². The molecule has 2 N–H and O–H groups in total. The third-order valence-electron chi connectivity index (χ3n) is 3.32. The van der Waals surface area contributed by atoms with Crippen LogP contribution in [0.25, 0.3) is 0 Å². The summed E-state index contributed by atoms with van der Waals surface area (Å²) in [7, 11) is 0. The Kier molecular flexibility index (Phi) is 4.42. The number of hydrazine groups is 1. The highest BCUT2D eigenvalue weighted by Crippen LogP contribution is 2.25. The molecule has 1 aliphatic rings.